The molecule has 4 atom stereocenters. The summed E-state index contributed by atoms with van der Waals surface area (Å²) in [4.78, 5) is 0. The Kier molecular flexibility index (Phi) is 3.46. The number of methoxy groups -OCH3 is 1. The maximum atomic E-state index is 9.59. The van der Waals surface area contributed by atoms with Gasteiger partial charge < -0.3 is 19.7 Å². The molecule has 0 aliphatic carbocycles. The largest absolute Gasteiger partial charge is 0.394 e. The zero-order valence-electron chi connectivity index (χ0n) is 7.43. The fraction of sp³-hybridized carbons (Fsp3) is 1.00. The molecule has 0 aromatic carbocycles. The first-order chi connectivity index (χ1) is 5.70. The third kappa shape index (κ3) is 1.77. The molecule has 72 valence electrons. The van der Waals surface area contributed by atoms with E-state index in [9.17, 15) is 5.11 Å². The second-order valence-electron chi connectivity index (χ2n) is 3.22. The van der Waals surface area contributed by atoms with Gasteiger partial charge in [0.2, 0.25) is 0 Å². The monoisotopic (exact) mass is 176 g/mol. The molecule has 4 nitrogen and oxygen atoms in total. The molecule has 4 heteroatoms. The van der Waals surface area contributed by atoms with E-state index in [-0.39, 0.29) is 18.6 Å². The Hall–Kier alpha value is -0.160. The highest BCUT2D eigenvalue weighted by molar-refractivity contribution is 4.85. The van der Waals surface area contributed by atoms with E-state index >= 15 is 0 Å². The highest BCUT2D eigenvalue weighted by atomic mass is 16.5. The second-order valence-corrected chi connectivity index (χ2v) is 3.22. The molecule has 12 heavy (non-hydrogen) atoms. The smallest absolute Gasteiger partial charge is 0.109 e. The van der Waals surface area contributed by atoms with Crippen LogP contribution in [0.15, 0.2) is 0 Å². The lowest BCUT2D eigenvalue weighted by Gasteiger charge is -2.37. The highest BCUT2D eigenvalue weighted by Crippen LogP contribution is 2.21. The van der Waals surface area contributed by atoms with Crippen molar-refractivity contribution in [3.8, 4) is 0 Å². The van der Waals surface area contributed by atoms with Gasteiger partial charge in [-0.05, 0) is 0 Å². The SMILES string of the molecule is CO[C@@H]1[C@H](O)[C@H](CO)OC[C@@H]1C. The van der Waals surface area contributed by atoms with Crippen molar-refractivity contribution < 1.29 is 19.7 Å². The predicted octanol–water partition coefficient (Wildman–Crippen LogP) is -0.611. The van der Waals surface area contributed by atoms with Crippen LogP contribution >= 0.6 is 0 Å². The van der Waals surface area contributed by atoms with E-state index in [0.717, 1.165) is 0 Å². The third-order valence-corrected chi connectivity index (χ3v) is 2.30. The molecular weight excluding hydrogens is 160 g/mol. The van der Waals surface area contributed by atoms with Crippen LogP contribution in [0, 0.1) is 5.92 Å². The fourth-order valence-electron chi connectivity index (χ4n) is 1.55. The fourth-order valence-corrected chi connectivity index (χ4v) is 1.55. The lowest BCUT2D eigenvalue weighted by molar-refractivity contribution is -0.179. The van der Waals surface area contributed by atoms with Gasteiger partial charge in [0.1, 0.15) is 12.2 Å². The summed E-state index contributed by atoms with van der Waals surface area (Å²) in [5.74, 6) is 0.174. The van der Waals surface area contributed by atoms with Gasteiger partial charge in [-0.2, -0.15) is 0 Å². The molecule has 1 rings (SSSR count). The minimum absolute atomic E-state index is 0.159. The van der Waals surface area contributed by atoms with E-state index in [0.29, 0.717) is 6.61 Å². The Bertz CT molecular complexity index is 139. The van der Waals surface area contributed by atoms with Crippen molar-refractivity contribution in [1.29, 1.82) is 0 Å². The summed E-state index contributed by atoms with van der Waals surface area (Å²) in [5, 5.41) is 18.4. The quantitative estimate of drug-likeness (QED) is 0.589. The summed E-state index contributed by atoms with van der Waals surface area (Å²) in [5.41, 5.74) is 0. The van der Waals surface area contributed by atoms with Gasteiger partial charge in [0.15, 0.2) is 0 Å². The molecule has 1 saturated heterocycles. The van der Waals surface area contributed by atoms with Crippen LogP contribution < -0.4 is 0 Å². The van der Waals surface area contributed by atoms with Crippen LogP contribution in [0.5, 0.6) is 0 Å². The topological polar surface area (TPSA) is 58.9 Å². The number of rotatable bonds is 2. The standard InChI is InChI=1S/C8H16O4/c1-5-4-12-6(3-9)7(10)8(5)11-2/h5-10H,3-4H2,1-2H3/t5-,6-,7+,8-/m0/s1. The summed E-state index contributed by atoms with van der Waals surface area (Å²) in [6.45, 7) is 2.32. The lowest BCUT2D eigenvalue weighted by Crippen LogP contribution is -2.51. The van der Waals surface area contributed by atoms with Crippen molar-refractivity contribution in [3.05, 3.63) is 0 Å². The summed E-state index contributed by atoms with van der Waals surface area (Å²) < 4.78 is 10.3. The molecule has 0 radical (unpaired) electrons. The molecule has 0 unspecified atom stereocenters. The van der Waals surface area contributed by atoms with Crippen LogP contribution in [0.4, 0.5) is 0 Å². The first-order valence-electron chi connectivity index (χ1n) is 4.14. The van der Waals surface area contributed by atoms with Crippen molar-refractivity contribution in [3.63, 3.8) is 0 Å². The summed E-state index contributed by atoms with van der Waals surface area (Å²) in [7, 11) is 1.56. The Morgan fingerprint density at radius 2 is 2.25 bits per heavy atom. The molecule has 0 saturated carbocycles. The second kappa shape index (κ2) is 4.18. The minimum atomic E-state index is -0.719. The summed E-state index contributed by atoms with van der Waals surface area (Å²) in [6, 6.07) is 0. The molecular formula is C8H16O4. The molecule has 0 amide bonds. The Balaban J connectivity index is 2.56. The van der Waals surface area contributed by atoms with E-state index in [1.807, 2.05) is 6.92 Å². The van der Waals surface area contributed by atoms with Crippen LogP contribution in [0.2, 0.25) is 0 Å². The van der Waals surface area contributed by atoms with Crippen molar-refractivity contribution >= 4 is 0 Å². The maximum absolute atomic E-state index is 9.59. The Labute approximate surface area is 72.1 Å². The first kappa shape index (κ1) is 9.92. The number of hydrogen-bond acceptors (Lipinski definition) is 4. The number of hydrogen-bond donors (Lipinski definition) is 2. The summed E-state index contributed by atoms with van der Waals surface area (Å²) in [6.07, 6.45) is -1.44. The van der Waals surface area contributed by atoms with Crippen LogP contribution in [-0.4, -0.2) is 48.8 Å². The molecule has 2 N–H and O–H groups in total. The van der Waals surface area contributed by atoms with Gasteiger partial charge in [-0.1, -0.05) is 6.92 Å². The molecule has 1 fully saturated rings. The van der Waals surface area contributed by atoms with Gasteiger partial charge in [0.25, 0.3) is 0 Å². The summed E-state index contributed by atoms with van der Waals surface area (Å²) >= 11 is 0. The molecule has 0 spiro atoms. The maximum Gasteiger partial charge on any atom is 0.109 e. The van der Waals surface area contributed by atoms with Crippen LogP contribution in [0.25, 0.3) is 0 Å². The molecule has 1 heterocycles. The van der Waals surface area contributed by atoms with Crippen LogP contribution in [-0.2, 0) is 9.47 Å². The Morgan fingerprint density at radius 1 is 1.58 bits per heavy atom. The molecule has 0 aromatic heterocycles. The first-order valence-corrected chi connectivity index (χ1v) is 4.14. The predicted molar refractivity (Wildman–Crippen MR) is 42.8 cm³/mol. The molecule has 1 aliphatic heterocycles. The number of ether oxygens (including phenoxy) is 2. The van der Waals surface area contributed by atoms with Crippen molar-refractivity contribution in [2.45, 2.75) is 25.2 Å². The lowest BCUT2D eigenvalue weighted by atomic mass is 9.94. The van der Waals surface area contributed by atoms with Crippen molar-refractivity contribution in [1.82, 2.24) is 0 Å². The van der Waals surface area contributed by atoms with Gasteiger partial charge in [-0.15, -0.1) is 0 Å². The number of aliphatic hydroxyl groups is 2. The molecule has 1 aliphatic rings. The number of aliphatic hydroxyl groups excluding tert-OH is 2. The van der Waals surface area contributed by atoms with Crippen molar-refractivity contribution in [2.24, 2.45) is 5.92 Å². The third-order valence-electron chi connectivity index (χ3n) is 2.30. The van der Waals surface area contributed by atoms with E-state index in [1.54, 1.807) is 7.11 Å². The van der Waals surface area contributed by atoms with Gasteiger partial charge >= 0.3 is 0 Å². The van der Waals surface area contributed by atoms with Gasteiger partial charge in [0, 0.05) is 13.0 Å². The van der Waals surface area contributed by atoms with E-state index < -0.39 is 12.2 Å². The average Bonchev–Trinajstić information content (AvgIpc) is 2.06. The minimum Gasteiger partial charge on any atom is -0.394 e. The molecule has 0 aromatic rings. The normalized spacial score (nSPS) is 43.0. The van der Waals surface area contributed by atoms with E-state index in [2.05, 4.69) is 0 Å². The van der Waals surface area contributed by atoms with Crippen molar-refractivity contribution in [2.75, 3.05) is 20.3 Å². The Morgan fingerprint density at radius 3 is 2.75 bits per heavy atom. The average molecular weight is 176 g/mol. The van der Waals surface area contributed by atoms with Gasteiger partial charge in [-0.25, -0.2) is 0 Å². The van der Waals surface area contributed by atoms with E-state index in [1.165, 1.54) is 0 Å². The highest BCUT2D eigenvalue weighted by Gasteiger charge is 2.36. The molecule has 0 bridgehead atoms. The van der Waals surface area contributed by atoms with Crippen LogP contribution in [0.1, 0.15) is 6.92 Å². The zero-order valence-corrected chi connectivity index (χ0v) is 7.43. The van der Waals surface area contributed by atoms with Crippen LogP contribution in [0.3, 0.4) is 0 Å². The van der Waals surface area contributed by atoms with Gasteiger partial charge in [-0.3, -0.25) is 0 Å². The van der Waals surface area contributed by atoms with E-state index in [4.69, 9.17) is 14.6 Å². The zero-order chi connectivity index (χ0) is 9.14. The van der Waals surface area contributed by atoms with Gasteiger partial charge in [0.05, 0.1) is 19.3 Å².